The van der Waals surface area contributed by atoms with Gasteiger partial charge in [0.15, 0.2) is 0 Å². The van der Waals surface area contributed by atoms with Crippen molar-refractivity contribution in [3.8, 4) is 0 Å². The molecule has 0 saturated carbocycles. The van der Waals surface area contributed by atoms with Gasteiger partial charge < -0.3 is 10.2 Å². The van der Waals surface area contributed by atoms with Crippen LogP contribution < -0.4 is 10.6 Å². The fraction of sp³-hybridized carbons (Fsp3) is 0.909. The van der Waals surface area contributed by atoms with E-state index in [1.165, 1.54) is 0 Å². The third kappa shape index (κ3) is 7.69. The van der Waals surface area contributed by atoms with Crippen molar-refractivity contribution in [1.29, 1.82) is 0 Å². The van der Waals surface area contributed by atoms with Gasteiger partial charge in [0.25, 0.3) is 0 Å². The van der Waals surface area contributed by atoms with Crippen molar-refractivity contribution in [1.82, 2.24) is 15.5 Å². The molecule has 110 valence electrons. The monoisotopic (exact) mass is 317 g/mol. The molecule has 18 heavy (non-hydrogen) atoms. The quantitative estimate of drug-likeness (QED) is 0.799. The summed E-state index contributed by atoms with van der Waals surface area (Å²) in [5, 5.41) is 6.20. The van der Waals surface area contributed by atoms with Gasteiger partial charge in [-0.1, -0.05) is 13.8 Å². The fourth-order valence-electron chi connectivity index (χ4n) is 1.93. The van der Waals surface area contributed by atoms with Crippen LogP contribution in [-0.4, -0.2) is 55.7 Å². The van der Waals surface area contributed by atoms with Crippen molar-refractivity contribution >= 4 is 42.5 Å². The number of carbonyl (C=O) groups is 1. The van der Waals surface area contributed by atoms with Gasteiger partial charge in [0.1, 0.15) is 0 Å². The minimum Gasteiger partial charge on any atom is -0.354 e. The highest BCUT2D eigenvalue weighted by atomic mass is 35.5. The van der Waals surface area contributed by atoms with Gasteiger partial charge in [-0.3, -0.25) is 10.1 Å². The molecular weight excluding hydrogens is 293 g/mol. The normalized spacial score (nSPS) is 19.1. The number of amides is 1. The van der Waals surface area contributed by atoms with E-state index in [2.05, 4.69) is 43.5 Å². The highest BCUT2D eigenvalue weighted by Crippen LogP contribution is 2.15. The maximum atomic E-state index is 11.8. The molecule has 0 aromatic carbocycles. The maximum Gasteiger partial charge on any atom is 0.238 e. The van der Waals surface area contributed by atoms with Crippen LogP contribution in [0.2, 0.25) is 0 Å². The summed E-state index contributed by atoms with van der Waals surface area (Å²) in [4.78, 5) is 13.9. The summed E-state index contributed by atoms with van der Waals surface area (Å²) in [6, 6.07) is 0.000145. The lowest BCUT2D eigenvalue weighted by atomic mass is 9.93. The largest absolute Gasteiger partial charge is 0.354 e. The Balaban J connectivity index is 0. The average molecular weight is 318 g/mol. The van der Waals surface area contributed by atoms with Crippen molar-refractivity contribution < 1.29 is 4.79 Å². The van der Waals surface area contributed by atoms with Crippen LogP contribution in [0.1, 0.15) is 13.8 Å². The zero-order valence-electron chi connectivity index (χ0n) is 11.5. The van der Waals surface area contributed by atoms with Crippen LogP contribution in [-0.2, 0) is 4.79 Å². The predicted molar refractivity (Wildman–Crippen MR) is 84.1 cm³/mol. The van der Waals surface area contributed by atoms with Crippen LogP contribution in [0.15, 0.2) is 0 Å². The molecule has 0 spiro atoms. The van der Waals surface area contributed by atoms with E-state index >= 15 is 0 Å². The van der Waals surface area contributed by atoms with E-state index in [-0.39, 0.29) is 42.2 Å². The number of halogens is 2. The van der Waals surface area contributed by atoms with Crippen LogP contribution in [0, 0.1) is 5.41 Å². The summed E-state index contributed by atoms with van der Waals surface area (Å²) >= 11 is 1.77. The molecule has 1 fully saturated rings. The molecule has 1 heterocycles. The Labute approximate surface area is 127 Å². The minimum absolute atomic E-state index is 0. The van der Waals surface area contributed by atoms with E-state index in [4.69, 9.17) is 0 Å². The first-order valence-corrected chi connectivity index (χ1v) is 6.80. The first kappa shape index (κ1) is 20.6. The molecule has 0 aliphatic carbocycles. The molecule has 1 saturated heterocycles. The molecular formula is C11H25Cl2N3OS. The molecule has 1 aliphatic heterocycles. The Bertz CT molecular complexity index is 246. The molecule has 1 unspecified atom stereocenters. The zero-order valence-corrected chi connectivity index (χ0v) is 13.9. The number of hydrogen-bond acceptors (Lipinski definition) is 4. The molecule has 4 nitrogen and oxygen atoms in total. The van der Waals surface area contributed by atoms with Crippen molar-refractivity contribution in [3.05, 3.63) is 0 Å². The second-order valence-electron chi connectivity index (χ2n) is 5.39. The molecule has 1 atom stereocenters. The van der Waals surface area contributed by atoms with E-state index < -0.39 is 0 Å². The maximum absolute atomic E-state index is 11.8. The number of nitrogens with one attached hydrogen (secondary N) is 2. The number of rotatable bonds is 5. The van der Waals surface area contributed by atoms with E-state index in [0.717, 1.165) is 24.7 Å². The Kier molecular flexibility index (Phi) is 10.6. The minimum atomic E-state index is 0. The van der Waals surface area contributed by atoms with Crippen molar-refractivity contribution in [2.24, 2.45) is 5.41 Å². The summed E-state index contributed by atoms with van der Waals surface area (Å²) in [5.74, 6) is 1.91. The molecule has 1 aliphatic rings. The van der Waals surface area contributed by atoms with Crippen LogP contribution in [0.25, 0.3) is 0 Å². The predicted octanol–water partition coefficient (Wildman–Crippen LogP) is 1.20. The molecule has 1 amide bonds. The topological polar surface area (TPSA) is 44.4 Å². The number of thioether (sulfide) groups is 1. The summed E-state index contributed by atoms with van der Waals surface area (Å²) in [6.07, 6.45) is 0. The highest BCUT2D eigenvalue weighted by molar-refractivity contribution is 7.99. The van der Waals surface area contributed by atoms with E-state index in [9.17, 15) is 4.79 Å². The summed E-state index contributed by atoms with van der Waals surface area (Å²) in [5.41, 5.74) is 0.116. The molecule has 0 radical (unpaired) electrons. The number of hydrogen-bond donors (Lipinski definition) is 2. The van der Waals surface area contributed by atoms with E-state index in [1.54, 1.807) is 11.8 Å². The lowest BCUT2D eigenvalue weighted by Gasteiger charge is -2.28. The lowest BCUT2D eigenvalue weighted by molar-refractivity contribution is -0.122. The van der Waals surface area contributed by atoms with Gasteiger partial charge in [-0.15, -0.1) is 36.6 Å². The van der Waals surface area contributed by atoms with Gasteiger partial charge in [-0.25, -0.2) is 0 Å². The van der Waals surface area contributed by atoms with Gasteiger partial charge in [0.05, 0.1) is 6.04 Å². The van der Waals surface area contributed by atoms with Crippen LogP contribution in [0.3, 0.4) is 0 Å². The number of carbonyl (C=O) groups excluding carboxylic acids is 1. The van der Waals surface area contributed by atoms with Gasteiger partial charge in [0.2, 0.25) is 5.91 Å². The summed E-state index contributed by atoms with van der Waals surface area (Å²) < 4.78 is 0. The SMILES string of the molecule is CN(C)CC(C)(C)CNC(=O)C1CSCN1.Cl.Cl. The Hall–Kier alpha value is 0.320. The van der Waals surface area contributed by atoms with Crippen LogP contribution >= 0.6 is 36.6 Å². The third-order valence-electron chi connectivity index (χ3n) is 2.52. The Morgan fingerprint density at radius 2 is 2.06 bits per heavy atom. The summed E-state index contributed by atoms with van der Waals surface area (Å²) in [7, 11) is 4.11. The zero-order chi connectivity index (χ0) is 12.2. The second-order valence-corrected chi connectivity index (χ2v) is 6.42. The van der Waals surface area contributed by atoms with Crippen molar-refractivity contribution in [3.63, 3.8) is 0 Å². The van der Waals surface area contributed by atoms with Gasteiger partial charge in [-0.2, -0.15) is 0 Å². The van der Waals surface area contributed by atoms with Crippen LogP contribution in [0.4, 0.5) is 0 Å². The molecule has 1 rings (SSSR count). The molecule has 0 aromatic rings. The summed E-state index contributed by atoms with van der Waals surface area (Å²) in [6.45, 7) is 6.04. The molecule has 0 aromatic heterocycles. The standard InChI is InChI=1S/C11H23N3OS.2ClH/c1-11(2,7-14(3)4)6-12-10(15)9-5-16-8-13-9;;/h9,13H,5-8H2,1-4H3,(H,12,15);2*1H. The molecule has 2 N–H and O–H groups in total. The van der Waals surface area contributed by atoms with Gasteiger partial charge in [-0.05, 0) is 19.5 Å². The van der Waals surface area contributed by atoms with Crippen molar-refractivity contribution in [2.45, 2.75) is 19.9 Å². The molecule has 7 heteroatoms. The Morgan fingerprint density at radius 1 is 1.44 bits per heavy atom. The highest BCUT2D eigenvalue weighted by Gasteiger charge is 2.25. The lowest BCUT2D eigenvalue weighted by Crippen LogP contribution is -2.47. The van der Waals surface area contributed by atoms with Gasteiger partial charge in [0, 0.05) is 24.7 Å². The molecule has 0 bridgehead atoms. The third-order valence-corrected chi connectivity index (χ3v) is 3.46. The van der Waals surface area contributed by atoms with Crippen molar-refractivity contribution in [2.75, 3.05) is 38.8 Å². The second kappa shape index (κ2) is 9.26. The average Bonchev–Trinajstić information content (AvgIpc) is 2.64. The number of nitrogens with zero attached hydrogens (tertiary/aromatic N) is 1. The van der Waals surface area contributed by atoms with E-state index in [1.807, 2.05) is 0 Å². The van der Waals surface area contributed by atoms with Crippen LogP contribution in [0.5, 0.6) is 0 Å². The fourth-order valence-corrected chi connectivity index (χ4v) is 2.87. The first-order valence-electron chi connectivity index (χ1n) is 5.64. The smallest absolute Gasteiger partial charge is 0.238 e. The first-order chi connectivity index (χ1) is 7.41. The van der Waals surface area contributed by atoms with E-state index in [0.29, 0.717) is 0 Å². The Morgan fingerprint density at radius 3 is 2.50 bits per heavy atom. The van der Waals surface area contributed by atoms with Gasteiger partial charge >= 0.3 is 0 Å².